The van der Waals surface area contributed by atoms with Gasteiger partial charge in [0.1, 0.15) is 0 Å². The second-order valence-electron chi connectivity index (χ2n) is 5.69. The Kier molecular flexibility index (Phi) is 4.27. The first-order chi connectivity index (χ1) is 8.62. The van der Waals surface area contributed by atoms with Crippen LogP contribution in [-0.2, 0) is 4.74 Å². The minimum Gasteiger partial charge on any atom is -0.375 e. The van der Waals surface area contributed by atoms with E-state index < -0.39 is 0 Å². The van der Waals surface area contributed by atoms with Crippen LogP contribution in [0.4, 0.5) is 5.95 Å². The Morgan fingerprint density at radius 3 is 3.11 bits per heavy atom. The highest BCUT2D eigenvalue weighted by molar-refractivity contribution is 5.26. The van der Waals surface area contributed by atoms with E-state index in [4.69, 9.17) is 4.74 Å². The van der Waals surface area contributed by atoms with Gasteiger partial charge >= 0.3 is 0 Å². The third kappa shape index (κ3) is 3.25. The second kappa shape index (κ2) is 5.74. The summed E-state index contributed by atoms with van der Waals surface area (Å²) in [6.07, 6.45) is 8.48. The third-order valence-corrected chi connectivity index (χ3v) is 3.55. The fraction of sp³-hybridized carbons (Fsp3) is 0.786. The van der Waals surface area contributed by atoms with E-state index in [0.717, 1.165) is 31.9 Å². The fourth-order valence-corrected chi connectivity index (χ4v) is 2.56. The topological polar surface area (TPSA) is 39.1 Å². The Morgan fingerprint density at radius 2 is 2.39 bits per heavy atom. The van der Waals surface area contributed by atoms with Crippen molar-refractivity contribution in [2.24, 2.45) is 0 Å². The molecule has 1 aliphatic rings. The van der Waals surface area contributed by atoms with Gasteiger partial charge in [0.2, 0.25) is 5.95 Å². The highest BCUT2D eigenvalue weighted by Gasteiger charge is 2.30. The van der Waals surface area contributed by atoms with Crippen molar-refractivity contribution < 1.29 is 4.74 Å². The SMILES string of the molecule is CCCCNc1nccn1C1CCOC(C)(C)C1. The maximum Gasteiger partial charge on any atom is 0.203 e. The number of imidazole rings is 1. The summed E-state index contributed by atoms with van der Waals surface area (Å²) in [6, 6.07) is 0.500. The number of hydrogen-bond acceptors (Lipinski definition) is 3. The molecule has 18 heavy (non-hydrogen) atoms. The zero-order valence-corrected chi connectivity index (χ0v) is 11.8. The molecule has 102 valence electrons. The number of nitrogens with one attached hydrogen (secondary N) is 1. The van der Waals surface area contributed by atoms with Crippen molar-refractivity contribution in [2.45, 2.75) is 58.1 Å². The van der Waals surface area contributed by atoms with Crippen LogP contribution < -0.4 is 5.32 Å². The van der Waals surface area contributed by atoms with Crippen LogP contribution in [0.25, 0.3) is 0 Å². The first kappa shape index (κ1) is 13.4. The van der Waals surface area contributed by atoms with Crippen LogP contribution in [0, 0.1) is 0 Å². The van der Waals surface area contributed by atoms with Crippen molar-refractivity contribution >= 4 is 5.95 Å². The largest absolute Gasteiger partial charge is 0.375 e. The Morgan fingerprint density at radius 1 is 1.56 bits per heavy atom. The summed E-state index contributed by atoms with van der Waals surface area (Å²) in [6.45, 7) is 8.38. The highest BCUT2D eigenvalue weighted by atomic mass is 16.5. The molecule has 0 amide bonds. The van der Waals surface area contributed by atoms with Gasteiger partial charge < -0.3 is 14.6 Å². The lowest BCUT2D eigenvalue weighted by atomic mass is 9.94. The van der Waals surface area contributed by atoms with Gasteiger partial charge in [-0.3, -0.25) is 0 Å². The minimum atomic E-state index is -0.0200. The van der Waals surface area contributed by atoms with Crippen LogP contribution in [0.1, 0.15) is 52.5 Å². The maximum absolute atomic E-state index is 5.78. The lowest BCUT2D eigenvalue weighted by Crippen LogP contribution is -2.35. The van der Waals surface area contributed by atoms with Gasteiger partial charge in [-0.15, -0.1) is 0 Å². The highest BCUT2D eigenvalue weighted by Crippen LogP contribution is 2.33. The van der Waals surface area contributed by atoms with Gasteiger partial charge in [0.05, 0.1) is 5.60 Å². The second-order valence-corrected chi connectivity index (χ2v) is 5.69. The lowest BCUT2D eigenvalue weighted by molar-refractivity contribution is -0.0688. The standard InChI is InChI=1S/C14H25N3O/c1-4-5-7-15-13-16-8-9-17(13)12-6-10-18-14(2,3)11-12/h8-9,12H,4-7,10-11H2,1-3H3,(H,15,16). The average Bonchev–Trinajstić information content (AvgIpc) is 2.76. The molecular weight excluding hydrogens is 226 g/mol. The molecule has 1 unspecified atom stereocenters. The summed E-state index contributed by atoms with van der Waals surface area (Å²) >= 11 is 0. The zero-order valence-electron chi connectivity index (χ0n) is 11.8. The normalized spacial score (nSPS) is 22.9. The summed E-state index contributed by atoms with van der Waals surface area (Å²) in [7, 11) is 0. The van der Waals surface area contributed by atoms with Crippen LogP contribution in [0.5, 0.6) is 0 Å². The summed E-state index contributed by atoms with van der Waals surface area (Å²) in [5.41, 5.74) is -0.0200. The van der Waals surface area contributed by atoms with Crippen LogP contribution >= 0.6 is 0 Å². The van der Waals surface area contributed by atoms with E-state index in [1.807, 2.05) is 6.20 Å². The van der Waals surface area contributed by atoms with Crippen molar-refractivity contribution in [3.63, 3.8) is 0 Å². The fourth-order valence-electron chi connectivity index (χ4n) is 2.56. The van der Waals surface area contributed by atoms with Gasteiger partial charge in [-0.2, -0.15) is 0 Å². The van der Waals surface area contributed by atoms with Gasteiger partial charge in [-0.1, -0.05) is 13.3 Å². The lowest BCUT2D eigenvalue weighted by Gasteiger charge is -2.36. The van der Waals surface area contributed by atoms with Crippen molar-refractivity contribution in [1.82, 2.24) is 9.55 Å². The van der Waals surface area contributed by atoms with E-state index >= 15 is 0 Å². The van der Waals surface area contributed by atoms with Crippen LogP contribution in [-0.4, -0.2) is 28.3 Å². The Balaban J connectivity index is 2.01. The smallest absolute Gasteiger partial charge is 0.203 e. The summed E-state index contributed by atoms with van der Waals surface area (Å²) in [5, 5.41) is 3.43. The number of hydrogen-bond donors (Lipinski definition) is 1. The predicted molar refractivity (Wildman–Crippen MR) is 73.9 cm³/mol. The molecule has 1 aliphatic heterocycles. The Bertz CT molecular complexity index is 373. The van der Waals surface area contributed by atoms with Gasteiger partial charge in [-0.25, -0.2) is 4.98 Å². The van der Waals surface area contributed by atoms with Crippen LogP contribution in [0.15, 0.2) is 12.4 Å². The van der Waals surface area contributed by atoms with Gasteiger partial charge in [0, 0.05) is 31.6 Å². The van der Waals surface area contributed by atoms with Crippen molar-refractivity contribution in [3.8, 4) is 0 Å². The Labute approximate surface area is 110 Å². The molecule has 2 rings (SSSR count). The number of anilines is 1. The average molecular weight is 251 g/mol. The van der Waals surface area contributed by atoms with Crippen molar-refractivity contribution in [1.29, 1.82) is 0 Å². The summed E-state index contributed by atoms with van der Waals surface area (Å²) in [4.78, 5) is 4.42. The van der Waals surface area contributed by atoms with Crippen LogP contribution in [0.3, 0.4) is 0 Å². The third-order valence-electron chi connectivity index (χ3n) is 3.55. The molecule has 0 aromatic carbocycles. The number of aromatic nitrogens is 2. The number of nitrogens with zero attached hydrogens (tertiary/aromatic N) is 2. The summed E-state index contributed by atoms with van der Waals surface area (Å²) < 4.78 is 8.06. The molecule has 0 aliphatic carbocycles. The van der Waals surface area contributed by atoms with Crippen LogP contribution in [0.2, 0.25) is 0 Å². The van der Waals surface area contributed by atoms with E-state index in [-0.39, 0.29) is 5.60 Å². The van der Waals surface area contributed by atoms with E-state index in [2.05, 4.69) is 41.8 Å². The zero-order chi connectivity index (χ0) is 13.0. The van der Waals surface area contributed by atoms with E-state index in [9.17, 15) is 0 Å². The summed E-state index contributed by atoms with van der Waals surface area (Å²) in [5.74, 6) is 1.01. The van der Waals surface area contributed by atoms with E-state index in [1.54, 1.807) is 0 Å². The van der Waals surface area contributed by atoms with Gasteiger partial charge in [0.25, 0.3) is 0 Å². The molecule has 1 atom stereocenters. The molecule has 1 fully saturated rings. The molecule has 0 bridgehead atoms. The van der Waals surface area contributed by atoms with Crippen molar-refractivity contribution in [2.75, 3.05) is 18.5 Å². The van der Waals surface area contributed by atoms with Gasteiger partial charge in [-0.05, 0) is 33.1 Å². The number of unbranched alkanes of at least 4 members (excludes halogenated alkanes) is 1. The van der Waals surface area contributed by atoms with E-state index in [1.165, 1.54) is 12.8 Å². The predicted octanol–water partition coefficient (Wildman–Crippen LogP) is 3.23. The minimum absolute atomic E-state index is 0.0200. The number of ether oxygens (including phenoxy) is 1. The molecule has 1 N–H and O–H groups in total. The molecule has 4 heteroatoms. The maximum atomic E-state index is 5.78. The van der Waals surface area contributed by atoms with Gasteiger partial charge in [0.15, 0.2) is 0 Å². The van der Waals surface area contributed by atoms with Crippen molar-refractivity contribution in [3.05, 3.63) is 12.4 Å². The first-order valence-corrected chi connectivity index (χ1v) is 7.03. The molecule has 1 aromatic heterocycles. The molecule has 1 saturated heterocycles. The molecule has 4 nitrogen and oxygen atoms in total. The molecule has 0 spiro atoms. The molecule has 0 saturated carbocycles. The molecule has 2 heterocycles. The van der Waals surface area contributed by atoms with E-state index in [0.29, 0.717) is 6.04 Å². The number of rotatable bonds is 5. The quantitative estimate of drug-likeness (QED) is 0.817. The monoisotopic (exact) mass is 251 g/mol. The molecule has 0 radical (unpaired) electrons. The molecular formula is C14H25N3O. The first-order valence-electron chi connectivity index (χ1n) is 7.03. The Hall–Kier alpha value is -1.03. The molecule has 1 aromatic rings.